The number of ketones is 1. The summed E-state index contributed by atoms with van der Waals surface area (Å²) in [5.74, 6) is -0.372. The number of aromatic nitrogens is 2. The third kappa shape index (κ3) is 3.81. The van der Waals surface area contributed by atoms with Crippen LogP contribution in [0.25, 0.3) is 16.5 Å². The summed E-state index contributed by atoms with van der Waals surface area (Å²) in [7, 11) is 4.59. The molecular formula is C26H21N3O6S. The van der Waals surface area contributed by atoms with Crippen molar-refractivity contribution in [3.8, 4) is 17.2 Å². The maximum absolute atomic E-state index is 13.4. The molecule has 182 valence electrons. The third-order valence-electron chi connectivity index (χ3n) is 6.05. The van der Waals surface area contributed by atoms with E-state index in [1.807, 2.05) is 24.3 Å². The second-order valence-electron chi connectivity index (χ2n) is 7.93. The normalized spacial score (nSPS) is 17.0. The van der Waals surface area contributed by atoms with Crippen LogP contribution in [-0.4, -0.2) is 48.3 Å². The minimum absolute atomic E-state index is 0.0883. The van der Waals surface area contributed by atoms with Gasteiger partial charge in [0.05, 0.1) is 26.9 Å². The first kappa shape index (κ1) is 23.3. The molecule has 0 aliphatic carbocycles. The van der Waals surface area contributed by atoms with Crippen LogP contribution in [0, 0.1) is 0 Å². The molecule has 1 N–H and O–H groups in total. The molecule has 1 aromatic heterocycles. The molecule has 0 spiro atoms. The Morgan fingerprint density at radius 2 is 1.61 bits per heavy atom. The van der Waals surface area contributed by atoms with Crippen LogP contribution in [0.3, 0.4) is 0 Å². The van der Waals surface area contributed by atoms with Crippen molar-refractivity contribution < 1.29 is 28.9 Å². The fraction of sp³-hybridized carbons (Fsp3) is 0.154. The number of carbonyl (C=O) groups excluding carboxylic acids is 2. The van der Waals surface area contributed by atoms with E-state index < -0.39 is 17.7 Å². The second kappa shape index (κ2) is 9.31. The Morgan fingerprint density at radius 3 is 2.31 bits per heavy atom. The lowest BCUT2D eigenvalue weighted by Gasteiger charge is -2.24. The van der Waals surface area contributed by atoms with Crippen LogP contribution in [0.1, 0.15) is 17.2 Å². The molecule has 1 amide bonds. The number of fused-ring (bicyclic) bond motifs is 1. The molecule has 36 heavy (non-hydrogen) atoms. The summed E-state index contributed by atoms with van der Waals surface area (Å²) in [6, 6.07) is 14.8. The number of nitrogens with zero attached hydrogens (tertiary/aromatic N) is 3. The van der Waals surface area contributed by atoms with E-state index in [9.17, 15) is 14.7 Å². The van der Waals surface area contributed by atoms with Crippen molar-refractivity contribution >= 4 is 44.7 Å². The quantitative estimate of drug-likeness (QED) is 0.235. The largest absolute Gasteiger partial charge is 0.507 e. The van der Waals surface area contributed by atoms with E-state index in [1.165, 1.54) is 24.6 Å². The molecule has 9 nitrogen and oxygen atoms in total. The Balaban J connectivity index is 1.74. The van der Waals surface area contributed by atoms with Crippen molar-refractivity contribution in [3.63, 3.8) is 0 Å². The second-order valence-corrected chi connectivity index (χ2v) is 8.74. The van der Waals surface area contributed by atoms with Gasteiger partial charge in [-0.15, -0.1) is 10.2 Å². The summed E-state index contributed by atoms with van der Waals surface area (Å²) in [6.07, 6.45) is 0. The molecule has 2 heterocycles. The molecule has 0 bridgehead atoms. The van der Waals surface area contributed by atoms with Crippen LogP contribution in [0.15, 0.2) is 65.7 Å². The van der Waals surface area contributed by atoms with Gasteiger partial charge in [0.15, 0.2) is 0 Å². The topological polar surface area (TPSA) is 111 Å². The average molecular weight is 504 g/mol. The molecule has 5 rings (SSSR count). The van der Waals surface area contributed by atoms with Crippen LogP contribution in [-0.2, 0) is 9.59 Å². The first-order valence-electron chi connectivity index (χ1n) is 10.8. The summed E-state index contributed by atoms with van der Waals surface area (Å²) in [6.45, 7) is 0. The Hall–Kier alpha value is -4.44. The summed E-state index contributed by atoms with van der Waals surface area (Å²) < 4.78 is 16.2. The van der Waals surface area contributed by atoms with Crippen LogP contribution >= 0.6 is 11.3 Å². The van der Waals surface area contributed by atoms with Crippen molar-refractivity contribution in [2.24, 2.45) is 0 Å². The minimum atomic E-state index is -1.02. The van der Waals surface area contributed by atoms with Crippen molar-refractivity contribution in [2.75, 3.05) is 26.2 Å². The van der Waals surface area contributed by atoms with Crippen molar-refractivity contribution in [1.82, 2.24) is 10.2 Å². The molecule has 3 aromatic carbocycles. The predicted octanol–water partition coefficient (Wildman–Crippen LogP) is 4.34. The number of methoxy groups -OCH3 is 3. The van der Waals surface area contributed by atoms with Gasteiger partial charge in [0.1, 0.15) is 34.6 Å². The Bertz CT molecular complexity index is 1520. The van der Waals surface area contributed by atoms with Crippen molar-refractivity contribution in [2.45, 2.75) is 6.04 Å². The molecule has 1 aliphatic heterocycles. The average Bonchev–Trinajstić information content (AvgIpc) is 3.53. The van der Waals surface area contributed by atoms with E-state index in [0.29, 0.717) is 28.4 Å². The number of hydrogen-bond acceptors (Lipinski definition) is 9. The molecule has 4 aromatic rings. The van der Waals surface area contributed by atoms with E-state index in [-0.39, 0.29) is 16.5 Å². The zero-order chi connectivity index (χ0) is 25.4. The highest BCUT2D eigenvalue weighted by atomic mass is 32.1. The van der Waals surface area contributed by atoms with E-state index in [1.54, 1.807) is 37.4 Å². The standard InChI is InChI=1S/C26H21N3O6S/c1-33-17-7-6-14-10-16(5-4-15(14)11-17)23(30)21-22(19-12-18(34-2)8-9-20(19)35-3)29(25(32)24(21)31)26-28-27-13-36-26/h4-13,22,30H,1-3H3/b23-21+. The summed E-state index contributed by atoms with van der Waals surface area (Å²) in [4.78, 5) is 27.9. The van der Waals surface area contributed by atoms with E-state index >= 15 is 0 Å². The zero-order valence-electron chi connectivity index (χ0n) is 19.6. The molecule has 0 radical (unpaired) electrons. The van der Waals surface area contributed by atoms with E-state index in [0.717, 1.165) is 22.1 Å². The van der Waals surface area contributed by atoms with Gasteiger partial charge in [-0.25, -0.2) is 0 Å². The summed E-state index contributed by atoms with van der Waals surface area (Å²) in [5.41, 5.74) is 2.22. The first-order chi connectivity index (χ1) is 17.5. The van der Waals surface area contributed by atoms with Crippen molar-refractivity contribution in [3.05, 3.63) is 76.8 Å². The Labute approximate surface area is 210 Å². The van der Waals surface area contributed by atoms with Crippen LogP contribution in [0.5, 0.6) is 17.2 Å². The molecule has 1 fully saturated rings. The van der Waals surface area contributed by atoms with E-state index in [4.69, 9.17) is 14.2 Å². The van der Waals surface area contributed by atoms with Gasteiger partial charge in [-0.2, -0.15) is 0 Å². The van der Waals surface area contributed by atoms with Gasteiger partial charge in [0, 0.05) is 11.1 Å². The Kier molecular flexibility index (Phi) is 6.03. The molecule has 0 saturated carbocycles. The molecule has 1 aliphatic rings. The molecular weight excluding hydrogens is 482 g/mol. The highest BCUT2D eigenvalue weighted by Gasteiger charge is 2.49. The fourth-order valence-electron chi connectivity index (χ4n) is 4.30. The van der Waals surface area contributed by atoms with Gasteiger partial charge in [0.25, 0.3) is 5.78 Å². The maximum Gasteiger partial charge on any atom is 0.301 e. The third-order valence-corrected chi connectivity index (χ3v) is 6.74. The van der Waals surface area contributed by atoms with Crippen molar-refractivity contribution in [1.29, 1.82) is 0 Å². The lowest BCUT2D eigenvalue weighted by atomic mass is 9.94. The van der Waals surface area contributed by atoms with Gasteiger partial charge in [-0.1, -0.05) is 29.5 Å². The number of carbonyl (C=O) groups is 2. The molecule has 1 atom stereocenters. The first-order valence-corrected chi connectivity index (χ1v) is 11.7. The van der Waals surface area contributed by atoms with Gasteiger partial charge >= 0.3 is 5.91 Å². The van der Waals surface area contributed by atoms with Crippen LogP contribution < -0.4 is 19.1 Å². The Morgan fingerprint density at radius 1 is 0.917 bits per heavy atom. The minimum Gasteiger partial charge on any atom is -0.507 e. The molecule has 1 saturated heterocycles. The van der Waals surface area contributed by atoms with Gasteiger partial charge in [-0.3, -0.25) is 14.5 Å². The number of anilines is 1. The van der Waals surface area contributed by atoms with Gasteiger partial charge < -0.3 is 19.3 Å². The van der Waals surface area contributed by atoms with Gasteiger partial charge in [0.2, 0.25) is 5.13 Å². The highest BCUT2D eigenvalue weighted by molar-refractivity contribution is 7.13. The fourth-order valence-corrected chi connectivity index (χ4v) is 4.89. The number of aliphatic hydroxyl groups is 1. The van der Waals surface area contributed by atoms with Crippen LogP contribution in [0.4, 0.5) is 5.13 Å². The number of amides is 1. The van der Waals surface area contributed by atoms with Crippen LogP contribution in [0.2, 0.25) is 0 Å². The number of aliphatic hydroxyl groups excluding tert-OH is 1. The lowest BCUT2D eigenvalue weighted by Crippen LogP contribution is -2.29. The monoisotopic (exact) mass is 503 g/mol. The number of benzene rings is 3. The molecule has 10 heteroatoms. The zero-order valence-corrected chi connectivity index (χ0v) is 20.4. The lowest BCUT2D eigenvalue weighted by molar-refractivity contribution is -0.132. The van der Waals surface area contributed by atoms with E-state index in [2.05, 4.69) is 10.2 Å². The number of Topliss-reactive ketones (excluding diaryl/α,β-unsaturated/α-hetero) is 1. The number of ether oxygens (including phenoxy) is 3. The number of rotatable bonds is 6. The molecule has 1 unspecified atom stereocenters. The smallest absolute Gasteiger partial charge is 0.301 e. The summed E-state index contributed by atoms with van der Waals surface area (Å²) >= 11 is 1.11. The van der Waals surface area contributed by atoms with Gasteiger partial charge in [-0.05, 0) is 47.2 Å². The SMILES string of the molecule is COc1ccc(OC)c(C2/C(=C(\O)c3ccc4cc(OC)ccc4c3)C(=O)C(=O)N2c2nncs2)c1. The maximum atomic E-state index is 13.4. The highest BCUT2D eigenvalue weighted by Crippen LogP contribution is 2.46. The predicted molar refractivity (Wildman–Crippen MR) is 135 cm³/mol. The summed E-state index contributed by atoms with van der Waals surface area (Å²) in [5, 5.41) is 21.2. The number of hydrogen-bond donors (Lipinski definition) is 1.